The summed E-state index contributed by atoms with van der Waals surface area (Å²) in [6, 6.07) is 0. The Balaban J connectivity index is 2.22. The molecule has 2 rings (SSSR count). The number of hydrogen-bond acceptors (Lipinski definition) is 2. The number of rotatable bonds is 3. The summed E-state index contributed by atoms with van der Waals surface area (Å²) >= 11 is 0. The van der Waals surface area contributed by atoms with Crippen LogP contribution in [0.25, 0.3) is 0 Å². The Hall–Kier alpha value is -0.990. The van der Waals surface area contributed by atoms with Crippen LogP contribution in [0.1, 0.15) is 69.3 Å². The number of anilines is 1. The largest absolute Gasteiger partial charge is 0.384 e. The first-order valence-electron chi connectivity index (χ1n) is 7.06. The molecule has 1 aromatic rings. The molecule has 0 bridgehead atoms. The third kappa shape index (κ3) is 2.64. The van der Waals surface area contributed by atoms with Gasteiger partial charge in [0.1, 0.15) is 11.6 Å². The molecular formula is C14H25N3. The lowest BCUT2D eigenvalue weighted by Crippen LogP contribution is -2.07. The average Bonchev–Trinajstić information content (AvgIpc) is 2.55. The predicted octanol–water partition coefficient (Wildman–Crippen LogP) is 3.62. The zero-order chi connectivity index (χ0) is 12.3. The Kier molecular flexibility index (Phi) is 4.08. The molecule has 0 unspecified atom stereocenters. The van der Waals surface area contributed by atoms with Crippen LogP contribution < -0.4 is 5.73 Å². The third-order valence-electron chi connectivity index (χ3n) is 3.92. The first-order valence-corrected chi connectivity index (χ1v) is 7.06. The summed E-state index contributed by atoms with van der Waals surface area (Å²) in [5.41, 5.74) is 7.45. The fourth-order valence-corrected chi connectivity index (χ4v) is 2.96. The van der Waals surface area contributed by atoms with Gasteiger partial charge in [0, 0.05) is 12.5 Å². The molecule has 96 valence electrons. The highest BCUT2D eigenvalue weighted by molar-refractivity contribution is 5.40. The second-order valence-electron chi connectivity index (χ2n) is 5.27. The van der Waals surface area contributed by atoms with Gasteiger partial charge in [-0.2, -0.15) is 0 Å². The molecule has 0 atom stereocenters. The van der Waals surface area contributed by atoms with Crippen molar-refractivity contribution in [1.29, 1.82) is 0 Å². The number of imidazole rings is 1. The van der Waals surface area contributed by atoms with E-state index in [2.05, 4.69) is 18.4 Å². The lowest BCUT2D eigenvalue weighted by atomic mass is 9.96. The molecule has 0 amide bonds. The van der Waals surface area contributed by atoms with Crippen molar-refractivity contribution < 1.29 is 0 Å². The molecule has 1 saturated carbocycles. The zero-order valence-electron chi connectivity index (χ0n) is 11.2. The van der Waals surface area contributed by atoms with Crippen LogP contribution in [0.2, 0.25) is 0 Å². The number of aromatic nitrogens is 2. The van der Waals surface area contributed by atoms with Crippen molar-refractivity contribution in [1.82, 2.24) is 9.55 Å². The summed E-state index contributed by atoms with van der Waals surface area (Å²) < 4.78 is 2.18. The molecule has 0 saturated heterocycles. The lowest BCUT2D eigenvalue weighted by molar-refractivity contribution is 0.580. The molecule has 1 heterocycles. The fraction of sp³-hybridized carbons (Fsp3) is 0.786. The first kappa shape index (κ1) is 12.5. The summed E-state index contributed by atoms with van der Waals surface area (Å²) in [6.45, 7) is 5.26. The smallest absolute Gasteiger partial charge is 0.127 e. The predicted molar refractivity (Wildman–Crippen MR) is 72.1 cm³/mol. The van der Waals surface area contributed by atoms with Gasteiger partial charge >= 0.3 is 0 Å². The van der Waals surface area contributed by atoms with E-state index in [1.54, 1.807) is 0 Å². The highest BCUT2D eigenvalue weighted by atomic mass is 15.1. The van der Waals surface area contributed by atoms with Gasteiger partial charge in [-0.05, 0) is 26.2 Å². The van der Waals surface area contributed by atoms with Gasteiger partial charge in [-0.3, -0.25) is 0 Å². The highest BCUT2D eigenvalue weighted by Gasteiger charge is 2.21. The minimum absolute atomic E-state index is 0.606. The summed E-state index contributed by atoms with van der Waals surface area (Å²) in [6.07, 6.45) is 9.09. The maximum Gasteiger partial charge on any atom is 0.127 e. The van der Waals surface area contributed by atoms with E-state index in [9.17, 15) is 0 Å². The normalized spacial score (nSPS) is 18.2. The topological polar surface area (TPSA) is 43.8 Å². The highest BCUT2D eigenvalue weighted by Crippen LogP contribution is 2.34. The number of aryl methyl sites for hydroxylation is 1. The van der Waals surface area contributed by atoms with Crippen molar-refractivity contribution in [3.05, 3.63) is 11.5 Å². The van der Waals surface area contributed by atoms with Crippen molar-refractivity contribution in [2.75, 3.05) is 5.73 Å². The van der Waals surface area contributed by atoms with E-state index in [0.29, 0.717) is 5.92 Å². The molecular weight excluding hydrogens is 210 g/mol. The van der Waals surface area contributed by atoms with Crippen molar-refractivity contribution >= 4 is 5.82 Å². The monoisotopic (exact) mass is 235 g/mol. The van der Waals surface area contributed by atoms with Gasteiger partial charge in [0.2, 0.25) is 0 Å². The molecule has 2 N–H and O–H groups in total. The number of nitrogens with zero attached hydrogens (tertiary/aromatic N) is 2. The van der Waals surface area contributed by atoms with E-state index >= 15 is 0 Å². The lowest BCUT2D eigenvalue weighted by Gasteiger charge is -2.12. The molecule has 1 aliphatic rings. The number of nitrogen functional groups attached to an aromatic ring is 1. The molecule has 17 heavy (non-hydrogen) atoms. The Morgan fingerprint density at radius 2 is 1.88 bits per heavy atom. The Labute approximate surface area is 104 Å². The quantitative estimate of drug-likeness (QED) is 0.813. The van der Waals surface area contributed by atoms with Crippen LogP contribution in [0.3, 0.4) is 0 Å². The molecule has 1 fully saturated rings. The summed E-state index contributed by atoms with van der Waals surface area (Å²) in [5, 5.41) is 0. The molecule has 3 nitrogen and oxygen atoms in total. The van der Waals surface area contributed by atoms with E-state index < -0.39 is 0 Å². The van der Waals surface area contributed by atoms with E-state index in [1.807, 2.05) is 0 Å². The molecule has 1 aromatic heterocycles. The van der Waals surface area contributed by atoms with Crippen LogP contribution in [0.5, 0.6) is 0 Å². The van der Waals surface area contributed by atoms with Crippen molar-refractivity contribution in [2.45, 2.75) is 71.3 Å². The van der Waals surface area contributed by atoms with Crippen LogP contribution in [0.15, 0.2) is 0 Å². The molecule has 0 spiro atoms. The summed E-state index contributed by atoms with van der Waals surface area (Å²) in [7, 11) is 0. The summed E-state index contributed by atoms with van der Waals surface area (Å²) in [4.78, 5) is 4.73. The molecule has 0 aliphatic heterocycles. The molecule has 0 radical (unpaired) electrons. The van der Waals surface area contributed by atoms with Crippen molar-refractivity contribution in [3.8, 4) is 0 Å². The van der Waals surface area contributed by atoms with Crippen molar-refractivity contribution in [3.63, 3.8) is 0 Å². The van der Waals surface area contributed by atoms with Crippen LogP contribution in [-0.4, -0.2) is 9.55 Å². The van der Waals surface area contributed by atoms with Gasteiger partial charge in [-0.1, -0.05) is 32.6 Å². The van der Waals surface area contributed by atoms with Crippen LogP contribution in [-0.2, 0) is 6.54 Å². The van der Waals surface area contributed by atoms with Crippen LogP contribution in [0.4, 0.5) is 5.82 Å². The van der Waals surface area contributed by atoms with E-state index in [-0.39, 0.29) is 0 Å². The van der Waals surface area contributed by atoms with Gasteiger partial charge in [-0.15, -0.1) is 0 Å². The zero-order valence-corrected chi connectivity index (χ0v) is 11.2. The van der Waals surface area contributed by atoms with Gasteiger partial charge in [0.15, 0.2) is 0 Å². The standard InChI is InChI=1S/C14H25N3/c1-3-10-17-11(2)16-13(14(17)15)12-8-6-4-5-7-9-12/h12H,3-10,15H2,1-2H3. The molecule has 0 aromatic carbocycles. The minimum Gasteiger partial charge on any atom is -0.384 e. The van der Waals surface area contributed by atoms with Crippen LogP contribution in [0, 0.1) is 6.92 Å². The van der Waals surface area contributed by atoms with Crippen molar-refractivity contribution in [2.24, 2.45) is 0 Å². The van der Waals surface area contributed by atoms with E-state index in [1.165, 1.54) is 44.2 Å². The molecule has 3 heteroatoms. The van der Waals surface area contributed by atoms with Gasteiger partial charge in [0.25, 0.3) is 0 Å². The van der Waals surface area contributed by atoms with Gasteiger partial charge in [-0.25, -0.2) is 4.98 Å². The average molecular weight is 235 g/mol. The Morgan fingerprint density at radius 3 is 2.47 bits per heavy atom. The minimum atomic E-state index is 0.606. The number of nitrogens with two attached hydrogens (primary N) is 1. The molecule has 1 aliphatic carbocycles. The summed E-state index contributed by atoms with van der Waals surface area (Å²) in [5.74, 6) is 2.62. The maximum absolute atomic E-state index is 6.27. The Morgan fingerprint density at radius 1 is 1.24 bits per heavy atom. The maximum atomic E-state index is 6.27. The van der Waals surface area contributed by atoms with Gasteiger partial charge in [0.05, 0.1) is 5.69 Å². The van der Waals surface area contributed by atoms with E-state index in [4.69, 9.17) is 10.7 Å². The third-order valence-corrected chi connectivity index (χ3v) is 3.92. The second kappa shape index (κ2) is 5.56. The Bertz CT molecular complexity index is 360. The number of hydrogen-bond donors (Lipinski definition) is 1. The SMILES string of the molecule is CCCn1c(C)nc(C2CCCCCC2)c1N. The first-order chi connectivity index (χ1) is 8.24. The fourth-order valence-electron chi connectivity index (χ4n) is 2.96. The van der Waals surface area contributed by atoms with E-state index in [0.717, 1.165) is 24.6 Å². The van der Waals surface area contributed by atoms with Crippen LogP contribution >= 0.6 is 0 Å². The van der Waals surface area contributed by atoms with Gasteiger partial charge < -0.3 is 10.3 Å². The second-order valence-corrected chi connectivity index (χ2v) is 5.27.